The number of hydrogen-bond acceptors (Lipinski definition) is 4. The lowest BCUT2D eigenvalue weighted by Gasteiger charge is -2.39. The fraction of sp³-hybridized carbons (Fsp3) is 0.533. The van der Waals surface area contributed by atoms with Gasteiger partial charge < -0.3 is 14.6 Å². The number of ether oxygens (including phenoxy) is 2. The summed E-state index contributed by atoms with van der Waals surface area (Å²) in [4.78, 5) is 13.2. The van der Waals surface area contributed by atoms with Crippen LogP contribution in [0.1, 0.15) is 24.9 Å². The molecule has 1 aromatic carbocycles. The Hall–Kier alpha value is -1.59. The molecule has 2 unspecified atom stereocenters. The van der Waals surface area contributed by atoms with Crippen LogP contribution in [0.15, 0.2) is 24.3 Å². The van der Waals surface area contributed by atoms with Crippen molar-refractivity contribution in [1.29, 1.82) is 0 Å². The zero-order valence-electron chi connectivity index (χ0n) is 11.9. The summed E-state index contributed by atoms with van der Waals surface area (Å²) in [5.41, 5.74) is 1.16. The lowest BCUT2D eigenvalue weighted by Crippen LogP contribution is -2.47. The Kier molecular flexibility index (Phi) is 4.98. The summed E-state index contributed by atoms with van der Waals surface area (Å²) in [6, 6.07) is 8.00. The quantitative estimate of drug-likeness (QED) is 0.892. The molecular formula is C15H21NO4. The van der Waals surface area contributed by atoms with Gasteiger partial charge in [-0.05, 0) is 24.6 Å². The average Bonchev–Trinajstić information content (AvgIpc) is 2.46. The third-order valence-electron chi connectivity index (χ3n) is 3.78. The lowest BCUT2D eigenvalue weighted by atomic mass is 10.0. The smallest absolute Gasteiger partial charge is 0.305 e. The zero-order chi connectivity index (χ0) is 14.5. The summed E-state index contributed by atoms with van der Waals surface area (Å²) in [6.07, 6.45) is 0.112. The second-order valence-electron chi connectivity index (χ2n) is 5.01. The summed E-state index contributed by atoms with van der Waals surface area (Å²) in [5, 5.41) is 9.01. The molecule has 0 amide bonds. The van der Waals surface area contributed by atoms with E-state index >= 15 is 0 Å². The van der Waals surface area contributed by atoms with E-state index in [1.165, 1.54) is 0 Å². The molecule has 0 saturated carbocycles. The fourth-order valence-electron chi connectivity index (χ4n) is 2.63. The van der Waals surface area contributed by atoms with E-state index in [-0.39, 0.29) is 18.5 Å². The maximum atomic E-state index is 11.0. The Balaban J connectivity index is 2.11. The standard InChI is InChI=1S/C15H21NO4/c1-11(12-3-5-14(19-2)6-4-12)16-7-8-20-10-13(16)9-15(17)18/h3-6,11,13H,7-10H2,1-2H3,(H,17,18). The molecule has 20 heavy (non-hydrogen) atoms. The van der Waals surface area contributed by atoms with Crippen LogP contribution in [0.3, 0.4) is 0 Å². The van der Waals surface area contributed by atoms with Crippen LogP contribution in [0.2, 0.25) is 0 Å². The van der Waals surface area contributed by atoms with Gasteiger partial charge >= 0.3 is 5.97 Å². The molecule has 110 valence electrons. The van der Waals surface area contributed by atoms with Crippen LogP contribution < -0.4 is 4.74 Å². The van der Waals surface area contributed by atoms with E-state index in [4.69, 9.17) is 14.6 Å². The highest BCUT2D eigenvalue weighted by Crippen LogP contribution is 2.27. The van der Waals surface area contributed by atoms with E-state index in [2.05, 4.69) is 11.8 Å². The van der Waals surface area contributed by atoms with Crippen LogP contribution in [-0.4, -0.2) is 48.9 Å². The van der Waals surface area contributed by atoms with E-state index in [0.717, 1.165) is 17.9 Å². The highest BCUT2D eigenvalue weighted by Gasteiger charge is 2.29. The summed E-state index contributed by atoms with van der Waals surface area (Å²) in [6.45, 7) is 3.98. The maximum absolute atomic E-state index is 11.0. The number of carboxylic acids is 1. The number of methoxy groups -OCH3 is 1. The second-order valence-corrected chi connectivity index (χ2v) is 5.01. The van der Waals surface area contributed by atoms with E-state index in [9.17, 15) is 4.79 Å². The minimum Gasteiger partial charge on any atom is -0.497 e. The van der Waals surface area contributed by atoms with Crippen LogP contribution in [0.25, 0.3) is 0 Å². The van der Waals surface area contributed by atoms with Crippen LogP contribution in [0, 0.1) is 0 Å². The van der Waals surface area contributed by atoms with Crippen molar-refractivity contribution in [2.45, 2.75) is 25.4 Å². The normalized spacial score (nSPS) is 21.4. The van der Waals surface area contributed by atoms with Crippen molar-refractivity contribution in [1.82, 2.24) is 4.90 Å². The van der Waals surface area contributed by atoms with E-state index in [0.29, 0.717) is 13.2 Å². The van der Waals surface area contributed by atoms with Gasteiger partial charge in [-0.25, -0.2) is 0 Å². The predicted octanol–water partition coefficient (Wildman–Crippen LogP) is 1.93. The van der Waals surface area contributed by atoms with Crippen LogP contribution >= 0.6 is 0 Å². The third kappa shape index (κ3) is 3.49. The second kappa shape index (κ2) is 6.72. The molecule has 0 bridgehead atoms. The molecule has 1 aliphatic heterocycles. The molecule has 1 N–H and O–H groups in total. The summed E-state index contributed by atoms with van der Waals surface area (Å²) in [5.74, 6) is 0.0393. The third-order valence-corrected chi connectivity index (χ3v) is 3.78. The summed E-state index contributed by atoms with van der Waals surface area (Å²) >= 11 is 0. The topological polar surface area (TPSA) is 59.0 Å². The number of rotatable bonds is 5. The Bertz CT molecular complexity index is 446. The predicted molar refractivity (Wildman–Crippen MR) is 75.0 cm³/mol. The van der Waals surface area contributed by atoms with Crippen molar-refractivity contribution in [3.05, 3.63) is 29.8 Å². The van der Waals surface area contributed by atoms with Crippen molar-refractivity contribution in [2.75, 3.05) is 26.9 Å². The Morgan fingerprint density at radius 1 is 1.50 bits per heavy atom. The number of aliphatic carboxylic acids is 1. The molecule has 0 radical (unpaired) electrons. The number of hydrogen-bond donors (Lipinski definition) is 1. The van der Waals surface area contributed by atoms with Crippen LogP contribution in [0.5, 0.6) is 5.75 Å². The Labute approximate surface area is 119 Å². The summed E-state index contributed by atoms with van der Waals surface area (Å²) in [7, 11) is 1.64. The lowest BCUT2D eigenvalue weighted by molar-refractivity contribution is -0.140. The van der Waals surface area contributed by atoms with Crippen molar-refractivity contribution >= 4 is 5.97 Å². The maximum Gasteiger partial charge on any atom is 0.305 e. The number of benzene rings is 1. The number of nitrogens with zero attached hydrogens (tertiary/aromatic N) is 1. The SMILES string of the molecule is COc1ccc(C(C)N2CCOCC2CC(=O)O)cc1. The molecule has 5 nitrogen and oxygen atoms in total. The summed E-state index contributed by atoms with van der Waals surface area (Å²) < 4.78 is 10.6. The zero-order valence-corrected chi connectivity index (χ0v) is 11.9. The molecule has 5 heteroatoms. The van der Waals surface area contributed by atoms with Gasteiger partial charge in [-0.2, -0.15) is 0 Å². The van der Waals surface area contributed by atoms with E-state index < -0.39 is 5.97 Å². The number of carbonyl (C=O) groups is 1. The minimum atomic E-state index is -0.785. The first kappa shape index (κ1) is 14.8. The number of morpholine rings is 1. The molecule has 1 aliphatic rings. The van der Waals surface area contributed by atoms with Gasteiger partial charge in [0.2, 0.25) is 0 Å². The average molecular weight is 279 g/mol. The molecule has 2 atom stereocenters. The Morgan fingerprint density at radius 3 is 2.80 bits per heavy atom. The minimum absolute atomic E-state index is 0.0710. The largest absolute Gasteiger partial charge is 0.497 e. The molecule has 0 aromatic heterocycles. The van der Waals surface area contributed by atoms with Crippen molar-refractivity contribution < 1.29 is 19.4 Å². The van der Waals surface area contributed by atoms with Crippen LogP contribution in [-0.2, 0) is 9.53 Å². The molecule has 2 rings (SSSR count). The first-order valence-corrected chi connectivity index (χ1v) is 6.81. The van der Waals surface area contributed by atoms with Gasteiger partial charge in [0.25, 0.3) is 0 Å². The van der Waals surface area contributed by atoms with Gasteiger partial charge in [-0.15, -0.1) is 0 Å². The fourth-order valence-corrected chi connectivity index (χ4v) is 2.63. The molecule has 0 spiro atoms. The highest BCUT2D eigenvalue weighted by molar-refractivity contribution is 5.67. The van der Waals surface area contributed by atoms with Gasteiger partial charge in [-0.3, -0.25) is 9.69 Å². The van der Waals surface area contributed by atoms with Gasteiger partial charge in [0.15, 0.2) is 0 Å². The molecule has 1 fully saturated rings. The van der Waals surface area contributed by atoms with Crippen molar-refractivity contribution in [3.8, 4) is 5.75 Å². The van der Waals surface area contributed by atoms with Gasteiger partial charge in [0, 0.05) is 18.6 Å². The molecular weight excluding hydrogens is 258 g/mol. The van der Waals surface area contributed by atoms with Gasteiger partial charge in [0.05, 0.1) is 26.7 Å². The first-order valence-electron chi connectivity index (χ1n) is 6.81. The Morgan fingerprint density at radius 2 is 2.20 bits per heavy atom. The molecule has 0 aliphatic carbocycles. The monoisotopic (exact) mass is 279 g/mol. The molecule has 1 heterocycles. The van der Waals surface area contributed by atoms with Crippen molar-refractivity contribution in [2.24, 2.45) is 0 Å². The molecule has 1 saturated heterocycles. The first-order chi connectivity index (χ1) is 9.61. The van der Waals surface area contributed by atoms with E-state index in [1.807, 2.05) is 24.3 Å². The number of carboxylic acid groups (broad SMARTS) is 1. The highest BCUT2D eigenvalue weighted by atomic mass is 16.5. The van der Waals surface area contributed by atoms with Crippen LogP contribution in [0.4, 0.5) is 0 Å². The van der Waals surface area contributed by atoms with Gasteiger partial charge in [0.1, 0.15) is 5.75 Å². The van der Waals surface area contributed by atoms with Gasteiger partial charge in [-0.1, -0.05) is 12.1 Å². The van der Waals surface area contributed by atoms with Crippen molar-refractivity contribution in [3.63, 3.8) is 0 Å². The van der Waals surface area contributed by atoms with E-state index in [1.54, 1.807) is 7.11 Å². The molecule has 1 aromatic rings.